The fraction of sp³-hybridized carbons (Fsp3) is 0.429. The molecule has 1 aromatic rings. The van der Waals surface area contributed by atoms with Crippen LogP contribution < -0.4 is 10.5 Å². The second-order valence-corrected chi connectivity index (χ2v) is 3.51. The second kappa shape index (κ2) is 4.21. The molecule has 0 aliphatic carbocycles. The Morgan fingerprint density at radius 3 is 2.53 bits per heavy atom. The third-order valence-electron chi connectivity index (χ3n) is 1.44. The van der Waals surface area contributed by atoms with E-state index in [-0.39, 0.29) is 10.4 Å². The van der Waals surface area contributed by atoms with Crippen molar-refractivity contribution in [2.24, 2.45) is 0 Å². The maximum Gasteiger partial charge on any atom is 0.425 e. The zero-order valence-electron chi connectivity index (χ0n) is 7.55. The molecule has 0 aromatic carbocycles. The van der Waals surface area contributed by atoms with E-state index in [2.05, 4.69) is 30.6 Å². The number of anilines is 1. The topological polar surface area (TPSA) is 61.0 Å². The third-order valence-corrected chi connectivity index (χ3v) is 1.84. The quantitative estimate of drug-likeness (QED) is 0.846. The number of ether oxygens (including phenoxy) is 1. The van der Waals surface area contributed by atoms with Gasteiger partial charge in [-0.3, -0.25) is 0 Å². The Hall–Kier alpha value is -1.05. The molecular weight excluding hydrogens is 279 g/mol. The standard InChI is InChI=1S/C7H7BrF3N3O/c1-3(7(9,10)11)15-6-13-4(8)2-5(12)14-6/h2-3H,1H3,(H2,12,13,14). The van der Waals surface area contributed by atoms with Gasteiger partial charge in [-0.25, -0.2) is 0 Å². The molecule has 15 heavy (non-hydrogen) atoms. The van der Waals surface area contributed by atoms with E-state index in [0.717, 1.165) is 6.92 Å². The molecule has 0 aliphatic rings. The molecular formula is C7H7BrF3N3O. The number of halogens is 4. The fourth-order valence-electron chi connectivity index (χ4n) is 0.691. The molecule has 2 N–H and O–H groups in total. The summed E-state index contributed by atoms with van der Waals surface area (Å²) in [7, 11) is 0. The van der Waals surface area contributed by atoms with Crippen LogP contribution in [-0.2, 0) is 0 Å². The second-order valence-electron chi connectivity index (χ2n) is 2.70. The predicted molar refractivity (Wildman–Crippen MR) is 50.3 cm³/mol. The maximum absolute atomic E-state index is 12.1. The number of aromatic nitrogens is 2. The van der Waals surface area contributed by atoms with Gasteiger partial charge in [-0.1, -0.05) is 0 Å². The van der Waals surface area contributed by atoms with Gasteiger partial charge in [0.05, 0.1) is 0 Å². The summed E-state index contributed by atoms with van der Waals surface area (Å²) < 4.78 is 41.1. The molecule has 1 rings (SSSR count). The lowest BCUT2D eigenvalue weighted by Crippen LogP contribution is -2.31. The van der Waals surface area contributed by atoms with Gasteiger partial charge in [0.1, 0.15) is 10.4 Å². The summed E-state index contributed by atoms with van der Waals surface area (Å²) >= 11 is 2.96. The minimum absolute atomic E-state index is 0.0289. The summed E-state index contributed by atoms with van der Waals surface area (Å²) in [5, 5.41) is 0. The highest BCUT2D eigenvalue weighted by Crippen LogP contribution is 2.24. The molecule has 8 heteroatoms. The van der Waals surface area contributed by atoms with Crippen molar-refractivity contribution in [2.45, 2.75) is 19.2 Å². The summed E-state index contributed by atoms with van der Waals surface area (Å²) in [6.45, 7) is 0.862. The maximum atomic E-state index is 12.1. The van der Waals surface area contributed by atoms with E-state index in [4.69, 9.17) is 5.73 Å². The molecule has 0 aliphatic heterocycles. The largest absolute Gasteiger partial charge is 0.451 e. The van der Waals surface area contributed by atoms with Crippen LogP contribution in [0.25, 0.3) is 0 Å². The van der Waals surface area contributed by atoms with Gasteiger partial charge in [0.25, 0.3) is 0 Å². The van der Waals surface area contributed by atoms with Crippen molar-refractivity contribution < 1.29 is 17.9 Å². The van der Waals surface area contributed by atoms with E-state index in [9.17, 15) is 13.2 Å². The molecule has 4 nitrogen and oxygen atoms in total. The Balaban J connectivity index is 2.81. The number of alkyl halides is 3. The minimum Gasteiger partial charge on any atom is -0.451 e. The van der Waals surface area contributed by atoms with Gasteiger partial charge in [-0.15, -0.1) is 0 Å². The Bertz CT molecular complexity index is 338. The van der Waals surface area contributed by atoms with Crippen molar-refractivity contribution in [2.75, 3.05) is 5.73 Å². The molecule has 0 saturated carbocycles. The number of rotatable bonds is 2. The predicted octanol–water partition coefficient (Wildman–Crippen LogP) is 2.15. The van der Waals surface area contributed by atoms with Crippen molar-refractivity contribution in [1.82, 2.24) is 9.97 Å². The first-order valence-electron chi connectivity index (χ1n) is 3.82. The highest BCUT2D eigenvalue weighted by Gasteiger charge is 2.38. The van der Waals surface area contributed by atoms with Gasteiger partial charge < -0.3 is 10.5 Å². The normalized spacial score (nSPS) is 13.7. The highest BCUT2D eigenvalue weighted by atomic mass is 79.9. The number of nitrogen functional groups attached to an aromatic ring is 1. The van der Waals surface area contributed by atoms with E-state index in [1.54, 1.807) is 0 Å². The first kappa shape index (κ1) is 12.0. The lowest BCUT2D eigenvalue weighted by molar-refractivity contribution is -0.190. The Kier molecular flexibility index (Phi) is 3.38. The highest BCUT2D eigenvalue weighted by molar-refractivity contribution is 9.10. The van der Waals surface area contributed by atoms with Gasteiger partial charge in [0.2, 0.25) is 0 Å². The summed E-state index contributed by atoms with van der Waals surface area (Å²) in [5.41, 5.74) is 5.30. The first-order chi connectivity index (χ1) is 6.79. The Morgan fingerprint density at radius 1 is 1.47 bits per heavy atom. The molecule has 0 radical (unpaired) electrons. The lowest BCUT2D eigenvalue weighted by atomic mass is 10.4. The van der Waals surface area contributed by atoms with Crippen LogP contribution in [0.2, 0.25) is 0 Å². The van der Waals surface area contributed by atoms with Crippen molar-refractivity contribution in [1.29, 1.82) is 0 Å². The van der Waals surface area contributed by atoms with Gasteiger partial charge in [0, 0.05) is 6.07 Å². The average Bonchev–Trinajstić information content (AvgIpc) is 1.99. The van der Waals surface area contributed by atoms with Crippen molar-refractivity contribution in [3.05, 3.63) is 10.7 Å². The van der Waals surface area contributed by atoms with E-state index < -0.39 is 18.3 Å². The molecule has 0 spiro atoms. The van der Waals surface area contributed by atoms with Crippen LogP contribution >= 0.6 is 15.9 Å². The summed E-state index contributed by atoms with van der Waals surface area (Å²) in [6.07, 6.45) is -6.44. The molecule has 1 unspecified atom stereocenters. The number of nitrogens with zero attached hydrogens (tertiary/aromatic N) is 2. The van der Waals surface area contributed by atoms with Crippen LogP contribution in [0.15, 0.2) is 10.7 Å². The van der Waals surface area contributed by atoms with Gasteiger partial charge in [-0.2, -0.15) is 23.1 Å². The van der Waals surface area contributed by atoms with E-state index >= 15 is 0 Å². The van der Waals surface area contributed by atoms with Crippen LogP contribution in [-0.4, -0.2) is 22.2 Å². The van der Waals surface area contributed by atoms with E-state index in [1.807, 2.05) is 0 Å². The smallest absolute Gasteiger partial charge is 0.425 e. The zero-order chi connectivity index (χ0) is 11.6. The number of nitrogens with two attached hydrogens (primary N) is 1. The van der Waals surface area contributed by atoms with Crippen LogP contribution in [0, 0.1) is 0 Å². The fourth-order valence-corrected chi connectivity index (χ4v) is 1.08. The van der Waals surface area contributed by atoms with Gasteiger partial charge in [-0.05, 0) is 22.9 Å². The monoisotopic (exact) mass is 285 g/mol. The van der Waals surface area contributed by atoms with E-state index in [1.165, 1.54) is 6.07 Å². The molecule has 84 valence electrons. The third kappa shape index (κ3) is 3.54. The van der Waals surface area contributed by atoms with Crippen LogP contribution in [0.1, 0.15) is 6.92 Å². The molecule has 1 atom stereocenters. The van der Waals surface area contributed by atoms with Crippen molar-refractivity contribution in [3.63, 3.8) is 0 Å². The number of hydrogen-bond acceptors (Lipinski definition) is 4. The minimum atomic E-state index is -4.46. The summed E-state index contributed by atoms with van der Waals surface area (Å²) in [6, 6.07) is 0.942. The number of hydrogen-bond donors (Lipinski definition) is 1. The molecule has 0 bridgehead atoms. The summed E-state index contributed by atoms with van der Waals surface area (Å²) in [5.74, 6) is 0.0289. The zero-order valence-corrected chi connectivity index (χ0v) is 9.13. The summed E-state index contributed by atoms with van der Waals surface area (Å²) in [4.78, 5) is 7.09. The van der Waals surface area contributed by atoms with Crippen LogP contribution in [0.3, 0.4) is 0 Å². The van der Waals surface area contributed by atoms with Crippen LogP contribution in [0.4, 0.5) is 19.0 Å². The first-order valence-corrected chi connectivity index (χ1v) is 4.62. The molecule has 1 heterocycles. The van der Waals surface area contributed by atoms with Crippen LogP contribution in [0.5, 0.6) is 6.01 Å². The van der Waals surface area contributed by atoms with E-state index in [0.29, 0.717) is 0 Å². The SMILES string of the molecule is CC(Oc1nc(N)cc(Br)n1)C(F)(F)F. The van der Waals surface area contributed by atoms with Crippen molar-refractivity contribution in [3.8, 4) is 6.01 Å². The lowest BCUT2D eigenvalue weighted by Gasteiger charge is -2.16. The van der Waals surface area contributed by atoms with Gasteiger partial charge in [0.15, 0.2) is 6.10 Å². The van der Waals surface area contributed by atoms with Gasteiger partial charge >= 0.3 is 12.2 Å². The Labute approximate surface area is 91.8 Å². The average molecular weight is 286 g/mol. The molecule has 0 fully saturated rings. The molecule has 0 saturated heterocycles. The Morgan fingerprint density at radius 2 is 2.07 bits per heavy atom. The molecule has 1 aromatic heterocycles. The molecule has 0 amide bonds. The van der Waals surface area contributed by atoms with Crippen molar-refractivity contribution >= 4 is 21.7 Å².